The van der Waals surface area contributed by atoms with Gasteiger partial charge in [0.15, 0.2) is 6.61 Å². The first kappa shape index (κ1) is 13.7. The highest BCUT2D eigenvalue weighted by atomic mass is 16.5. The van der Waals surface area contributed by atoms with E-state index in [-0.39, 0.29) is 12.5 Å². The molecular formula is C15H22N2O2. The number of nitrogens with zero attached hydrogens (tertiary/aromatic N) is 1. The van der Waals surface area contributed by atoms with Crippen molar-refractivity contribution in [3.63, 3.8) is 0 Å². The molecule has 1 aromatic rings. The van der Waals surface area contributed by atoms with Crippen LogP contribution < -0.4 is 10.5 Å². The third-order valence-electron chi connectivity index (χ3n) is 3.56. The first-order valence-electron chi connectivity index (χ1n) is 6.93. The summed E-state index contributed by atoms with van der Waals surface area (Å²) in [6.07, 6.45) is 4.66. The van der Waals surface area contributed by atoms with Gasteiger partial charge in [0.05, 0.1) is 0 Å². The van der Waals surface area contributed by atoms with Gasteiger partial charge in [-0.15, -0.1) is 0 Å². The Morgan fingerprint density at radius 1 is 1.26 bits per heavy atom. The summed E-state index contributed by atoms with van der Waals surface area (Å²) in [5.74, 6) is 0.784. The van der Waals surface area contributed by atoms with Gasteiger partial charge in [-0.3, -0.25) is 4.79 Å². The monoisotopic (exact) mass is 262 g/mol. The van der Waals surface area contributed by atoms with E-state index in [4.69, 9.17) is 10.5 Å². The van der Waals surface area contributed by atoms with E-state index < -0.39 is 0 Å². The van der Waals surface area contributed by atoms with E-state index in [2.05, 4.69) is 0 Å². The van der Waals surface area contributed by atoms with Gasteiger partial charge in [0.2, 0.25) is 0 Å². The van der Waals surface area contributed by atoms with Crippen LogP contribution in [0.25, 0.3) is 0 Å². The lowest BCUT2D eigenvalue weighted by Crippen LogP contribution is -2.35. The summed E-state index contributed by atoms with van der Waals surface area (Å²) < 4.78 is 5.55. The molecule has 1 amide bonds. The predicted octanol–water partition coefficient (Wildman–Crippen LogP) is 2.36. The molecule has 2 N–H and O–H groups in total. The molecule has 0 aromatic heterocycles. The van der Waals surface area contributed by atoms with Crippen molar-refractivity contribution in [3.8, 4) is 5.75 Å². The molecule has 1 aliphatic heterocycles. The Morgan fingerprint density at radius 3 is 2.58 bits per heavy atom. The highest BCUT2D eigenvalue weighted by molar-refractivity contribution is 5.77. The average molecular weight is 262 g/mol. The minimum atomic E-state index is 0.0800. The number of nitrogen functional groups attached to an aromatic ring is 1. The number of likely N-dealkylation sites (tertiary alicyclic amines) is 1. The second-order valence-corrected chi connectivity index (χ2v) is 5.10. The van der Waals surface area contributed by atoms with Gasteiger partial charge in [-0.1, -0.05) is 12.8 Å². The molecular weight excluding hydrogens is 240 g/mol. The minimum Gasteiger partial charge on any atom is -0.484 e. The fraction of sp³-hybridized carbons (Fsp3) is 0.533. The number of carbonyl (C=O) groups is 1. The molecule has 104 valence electrons. The molecule has 1 saturated heterocycles. The van der Waals surface area contributed by atoms with Crippen LogP contribution in [-0.4, -0.2) is 30.5 Å². The van der Waals surface area contributed by atoms with Crippen LogP contribution in [0, 0.1) is 6.92 Å². The number of rotatable bonds is 3. The van der Waals surface area contributed by atoms with Gasteiger partial charge in [0.25, 0.3) is 5.91 Å². The van der Waals surface area contributed by atoms with E-state index in [1.165, 1.54) is 12.8 Å². The van der Waals surface area contributed by atoms with Gasteiger partial charge in [-0.25, -0.2) is 0 Å². The number of anilines is 1. The standard InChI is InChI=1S/C15H22N2O2/c1-12-10-13(6-7-14(12)16)19-11-15(18)17-8-4-2-3-5-9-17/h6-7,10H,2-5,8-9,11,16H2,1H3. The van der Waals surface area contributed by atoms with Crippen LogP contribution in [0.3, 0.4) is 0 Å². The normalized spacial score (nSPS) is 15.9. The van der Waals surface area contributed by atoms with Gasteiger partial charge in [0, 0.05) is 18.8 Å². The molecule has 0 unspecified atom stereocenters. The molecule has 0 aliphatic carbocycles. The summed E-state index contributed by atoms with van der Waals surface area (Å²) in [6, 6.07) is 5.48. The van der Waals surface area contributed by atoms with Crippen LogP contribution in [0.5, 0.6) is 5.75 Å². The Bertz CT molecular complexity index is 438. The summed E-state index contributed by atoms with van der Waals surface area (Å²) >= 11 is 0. The van der Waals surface area contributed by atoms with Gasteiger partial charge >= 0.3 is 0 Å². The lowest BCUT2D eigenvalue weighted by molar-refractivity contribution is -0.133. The Labute approximate surface area is 114 Å². The number of hydrogen-bond donors (Lipinski definition) is 1. The van der Waals surface area contributed by atoms with E-state index in [9.17, 15) is 4.79 Å². The van der Waals surface area contributed by atoms with Crippen LogP contribution >= 0.6 is 0 Å². The van der Waals surface area contributed by atoms with Crippen LogP contribution in [0.4, 0.5) is 5.69 Å². The smallest absolute Gasteiger partial charge is 0.260 e. The molecule has 1 aromatic carbocycles. The fourth-order valence-corrected chi connectivity index (χ4v) is 2.29. The third-order valence-corrected chi connectivity index (χ3v) is 3.56. The Balaban J connectivity index is 1.86. The quantitative estimate of drug-likeness (QED) is 0.851. The molecule has 1 aliphatic rings. The number of benzene rings is 1. The summed E-state index contributed by atoms with van der Waals surface area (Å²) in [5.41, 5.74) is 7.46. The average Bonchev–Trinajstić information content (AvgIpc) is 2.69. The van der Waals surface area contributed by atoms with Gasteiger partial charge in [-0.05, 0) is 43.5 Å². The first-order chi connectivity index (χ1) is 9.16. The number of nitrogens with two attached hydrogens (primary N) is 1. The molecule has 0 bridgehead atoms. The van der Waals surface area contributed by atoms with Gasteiger partial charge < -0.3 is 15.4 Å². The molecule has 1 heterocycles. The van der Waals surface area contributed by atoms with E-state index in [0.717, 1.165) is 37.2 Å². The van der Waals surface area contributed by atoms with Crippen LogP contribution in [0.1, 0.15) is 31.2 Å². The Morgan fingerprint density at radius 2 is 1.95 bits per heavy atom. The van der Waals surface area contributed by atoms with Crippen LogP contribution in [0.2, 0.25) is 0 Å². The number of hydrogen-bond acceptors (Lipinski definition) is 3. The maximum atomic E-state index is 12.1. The fourth-order valence-electron chi connectivity index (χ4n) is 2.29. The zero-order valence-electron chi connectivity index (χ0n) is 11.5. The lowest BCUT2D eigenvalue weighted by Gasteiger charge is -2.20. The van der Waals surface area contributed by atoms with E-state index in [1.54, 1.807) is 12.1 Å². The van der Waals surface area contributed by atoms with Crippen molar-refractivity contribution in [1.29, 1.82) is 0 Å². The van der Waals surface area contributed by atoms with E-state index in [1.807, 2.05) is 17.9 Å². The number of ether oxygens (including phenoxy) is 1. The molecule has 2 rings (SSSR count). The van der Waals surface area contributed by atoms with Gasteiger partial charge in [-0.2, -0.15) is 0 Å². The molecule has 4 nitrogen and oxygen atoms in total. The summed E-state index contributed by atoms with van der Waals surface area (Å²) in [7, 11) is 0. The van der Waals surface area contributed by atoms with Crippen molar-refractivity contribution in [2.75, 3.05) is 25.4 Å². The molecule has 1 fully saturated rings. The highest BCUT2D eigenvalue weighted by Crippen LogP contribution is 2.18. The predicted molar refractivity (Wildman–Crippen MR) is 76.1 cm³/mol. The zero-order chi connectivity index (χ0) is 13.7. The second-order valence-electron chi connectivity index (χ2n) is 5.10. The molecule has 19 heavy (non-hydrogen) atoms. The van der Waals surface area contributed by atoms with E-state index in [0.29, 0.717) is 5.75 Å². The highest BCUT2D eigenvalue weighted by Gasteiger charge is 2.15. The Kier molecular flexibility index (Phi) is 4.66. The van der Waals surface area contributed by atoms with Crippen molar-refractivity contribution in [1.82, 2.24) is 4.90 Å². The summed E-state index contributed by atoms with van der Waals surface area (Å²) in [5, 5.41) is 0. The lowest BCUT2D eigenvalue weighted by atomic mass is 10.2. The SMILES string of the molecule is Cc1cc(OCC(=O)N2CCCCCC2)ccc1N. The maximum absolute atomic E-state index is 12.1. The number of carbonyl (C=O) groups excluding carboxylic acids is 1. The largest absolute Gasteiger partial charge is 0.484 e. The van der Waals surface area contributed by atoms with Crippen molar-refractivity contribution < 1.29 is 9.53 Å². The summed E-state index contributed by atoms with van der Waals surface area (Å²) in [6.45, 7) is 3.77. The topological polar surface area (TPSA) is 55.6 Å². The Hall–Kier alpha value is -1.71. The van der Waals surface area contributed by atoms with Crippen molar-refractivity contribution >= 4 is 11.6 Å². The maximum Gasteiger partial charge on any atom is 0.260 e. The van der Waals surface area contributed by atoms with E-state index >= 15 is 0 Å². The molecule has 0 atom stereocenters. The zero-order valence-corrected chi connectivity index (χ0v) is 11.5. The molecule has 0 radical (unpaired) electrons. The van der Waals surface area contributed by atoms with Crippen LogP contribution in [0.15, 0.2) is 18.2 Å². The van der Waals surface area contributed by atoms with Crippen molar-refractivity contribution in [2.45, 2.75) is 32.6 Å². The first-order valence-corrected chi connectivity index (χ1v) is 6.93. The number of aryl methyl sites for hydroxylation is 1. The van der Waals surface area contributed by atoms with Crippen molar-refractivity contribution in [3.05, 3.63) is 23.8 Å². The molecule has 0 saturated carbocycles. The molecule has 4 heteroatoms. The molecule has 0 spiro atoms. The second kappa shape index (κ2) is 6.45. The minimum absolute atomic E-state index is 0.0800. The summed E-state index contributed by atoms with van der Waals surface area (Å²) in [4.78, 5) is 14.0. The van der Waals surface area contributed by atoms with Gasteiger partial charge in [0.1, 0.15) is 5.75 Å². The van der Waals surface area contributed by atoms with Crippen LogP contribution in [-0.2, 0) is 4.79 Å². The van der Waals surface area contributed by atoms with Crippen molar-refractivity contribution in [2.24, 2.45) is 0 Å². The number of amides is 1. The third kappa shape index (κ3) is 3.88.